The highest BCUT2D eigenvalue weighted by atomic mass is 31.2. The Labute approximate surface area is 395 Å². The zero-order valence-corrected chi connectivity index (χ0v) is 40.5. The number of imidazole rings is 1. The van der Waals surface area contributed by atoms with E-state index in [0.717, 1.165) is 22.3 Å². The van der Waals surface area contributed by atoms with Crippen LogP contribution in [-0.4, -0.2) is 101 Å². The monoisotopic (exact) mass is 928 g/mol. The summed E-state index contributed by atoms with van der Waals surface area (Å²) in [6.07, 6.45) is 3.45. The Balaban J connectivity index is 1.38. The van der Waals surface area contributed by atoms with E-state index in [1.165, 1.54) is 0 Å². The molecule has 4 aromatic carbocycles. The number of Topliss-reactive ketones (excluding diaryl/α,β-unsaturated/α-hetero) is 1. The van der Waals surface area contributed by atoms with E-state index in [0.29, 0.717) is 22.7 Å². The van der Waals surface area contributed by atoms with Gasteiger partial charge < -0.3 is 37.5 Å². The van der Waals surface area contributed by atoms with Crippen LogP contribution in [0.2, 0.25) is 0 Å². The van der Waals surface area contributed by atoms with Crippen LogP contribution in [0.4, 0.5) is 5.95 Å². The molecule has 0 spiro atoms. The van der Waals surface area contributed by atoms with E-state index in [1.54, 1.807) is 36.4 Å². The number of hydrogen-bond acceptors (Lipinski definition) is 13. The van der Waals surface area contributed by atoms with Crippen molar-refractivity contribution in [1.29, 1.82) is 5.26 Å². The Morgan fingerprint density at radius 1 is 0.821 bits per heavy atom. The van der Waals surface area contributed by atoms with Gasteiger partial charge in [0.25, 0.3) is 14.5 Å². The molecule has 6 aromatic rings. The second-order valence-electron chi connectivity index (χ2n) is 16.6. The van der Waals surface area contributed by atoms with E-state index in [-0.39, 0.29) is 75.5 Å². The van der Waals surface area contributed by atoms with Crippen LogP contribution in [0.1, 0.15) is 62.8 Å². The molecule has 2 heterocycles. The van der Waals surface area contributed by atoms with Gasteiger partial charge in [-0.2, -0.15) is 15.2 Å². The van der Waals surface area contributed by atoms with Gasteiger partial charge in [0.05, 0.1) is 65.7 Å². The minimum atomic E-state index is -1.63. The summed E-state index contributed by atoms with van der Waals surface area (Å²) < 4.78 is 41.6. The van der Waals surface area contributed by atoms with Gasteiger partial charge >= 0.3 is 0 Å². The number of methoxy groups -OCH3 is 2. The maximum atomic E-state index is 14.6. The number of aliphatic imine (C=N–C) groups is 1. The minimum absolute atomic E-state index is 0.0582. The first-order valence-electron chi connectivity index (χ1n) is 22.3. The van der Waals surface area contributed by atoms with E-state index in [4.69, 9.17) is 33.0 Å². The highest BCUT2D eigenvalue weighted by Gasteiger charge is 2.39. The van der Waals surface area contributed by atoms with E-state index in [1.807, 2.05) is 123 Å². The fourth-order valence-corrected chi connectivity index (χ4v) is 9.30. The van der Waals surface area contributed by atoms with Gasteiger partial charge in [0, 0.05) is 38.5 Å². The summed E-state index contributed by atoms with van der Waals surface area (Å²) in [7, 11) is 5.34. The van der Waals surface area contributed by atoms with Gasteiger partial charge in [-0.3, -0.25) is 4.79 Å². The van der Waals surface area contributed by atoms with E-state index < -0.39 is 20.0 Å². The van der Waals surface area contributed by atoms with Gasteiger partial charge in [0.1, 0.15) is 23.7 Å². The van der Waals surface area contributed by atoms with Crippen molar-refractivity contribution in [3.05, 3.63) is 138 Å². The van der Waals surface area contributed by atoms with Crippen molar-refractivity contribution >= 4 is 37.8 Å². The summed E-state index contributed by atoms with van der Waals surface area (Å²) in [6.45, 7) is 8.95. The first-order chi connectivity index (χ1) is 32.4. The molecule has 0 aliphatic rings. The van der Waals surface area contributed by atoms with E-state index in [2.05, 4.69) is 53.4 Å². The number of hydrogen-bond donors (Lipinski definition) is 0. The molecule has 2 aromatic heterocycles. The van der Waals surface area contributed by atoms with E-state index in [9.17, 15) is 10.1 Å². The number of nitrogens with zero attached hydrogens (tertiary/aromatic N) is 8. The molecular formula is C51H61N8O7P. The summed E-state index contributed by atoms with van der Waals surface area (Å²) in [5.74, 6) is 1.23. The number of nitriles is 1. The maximum Gasteiger partial charge on any atom is 0.259 e. The number of ketones is 1. The third-order valence-electron chi connectivity index (χ3n) is 10.7. The third kappa shape index (κ3) is 13.2. The van der Waals surface area contributed by atoms with Crippen LogP contribution in [0.25, 0.3) is 11.2 Å². The average molecular weight is 929 g/mol. The summed E-state index contributed by atoms with van der Waals surface area (Å²) in [4.78, 5) is 34.7. The molecule has 0 radical (unpaired) electrons. The highest BCUT2D eigenvalue weighted by molar-refractivity contribution is 7.44. The van der Waals surface area contributed by atoms with Gasteiger partial charge in [-0.1, -0.05) is 84.9 Å². The Bertz CT molecular complexity index is 2480. The normalized spacial score (nSPS) is 12.7. The van der Waals surface area contributed by atoms with Crippen molar-refractivity contribution in [3.8, 4) is 23.4 Å². The van der Waals surface area contributed by atoms with Crippen LogP contribution in [0.15, 0.2) is 121 Å². The average Bonchev–Trinajstić information content (AvgIpc) is 3.74. The predicted molar refractivity (Wildman–Crippen MR) is 260 cm³/mol. The quantitative estimate of drug-likeness (QED) is 0.0167. The van der Waals surface area contributed by atoms with E-state index >= 15 is 0 Å². The maximum absolute atomic E-state index is 14.6. The first-order valence-corrected chi connectivity index (χ1v) is 23.4. The lowest BCUT2D eigenvalue weighted by atomic mass is 9.79. The second kappa shape index (κ2) is 24.5. The van der Waals surface area contributed by atoms with Gasteiger partial charge in [-0.15, -0.1) is 0 Å². The largest absolute Gasteiger partial charge is 0.497 e. The van der Waals surface area contributed by atoms with Crippen molar-refractivity contribution in [2.45, 2.75) is 71.4 Å². The van der Waals surface area contributed by atoms with Crippen LogP contribution >= 0.6 is 8.53 Å². The number of fused-ring (bicyclic) bond motifs is 1. The number of carbonyl (C=O) groups is 1. The molecule has 16 heteroatoms. The van der Waals surface area contributed by atoms with Crippen molar-refractivity contribution in [3.63, 3.8) is 0 Å². The lowest BCUT2D eigenvalue weighted by molar-refractivity contribution is -0.122. The number of ether oxygens (including phenoxy) is 4. The lowest BCUT2D eigenvalue weighted by Crippen LogP contribution is -2.37. The Morgan fingerprint density at radius 2 is 1.42 bits per heavy atom. The molecule has 0 bridgehead atoms. The van der Waals surface area contributed by atoms with Gasteiger partial charge in [-0.25, -0.2) is 14.6 Å². The molecule has 0 amide bonds. The summed E-state index contributed by atoms with van der Waals surface area (Å²) in [5.41, 5.74) is 3.21. The molecule has 2 atom stereocenters. The molecular weight excluding hydrogens is 868 g/mol. The van der Waals surface area contributed by atoms with Gasteiger partial charge in [-0.05, 0) is 74.2 Å². The van der Waals surface area contributed by atoms with Crippen LogP contribution in [0.5, 0.6) is 17.4 Å². The molecule has 6 rings (SSSR count). The van der Waals surface area contributed by atoms with Crippen molar-refractivity contribution in [1.82, 2.24) is 29.1 Å². The van der Waals surface area contributed by atoms with Gasteiger partial charge in [0.15, 0.2) is 16.9 Å². The standard InChI is InChI=1S/C51H61N8O7P/c1-37(2)59(38(3)4)67(65-29-15-28-52)66-34-40(33-64-51(41-18-13-10-14-19-41,42-20-24-45(61-7)25-21-42)43-22-26-46(62-8)27-23-43)30-44(60)31-58-36-53-47-48(58)55-50(54-35-57(5)6)56-49(47)63-32-39-16-11-9-12-17-39/h9-14,16-27,35-38,40H,15,29-34H2,1-8H3/t40-,67?/m0/s1. The molecule has 0 aliphatic heterocycles. The smallest absolute Gasteiger partial charge is 0.259 e. The topological polar surface area (TPSA) is 159 Å². The summed E-state index contributed by atoms with van der Waals surface area (Å²) in [6, 6.07) is 37.7. The molecule has 352 valence electrons. The van der Waals surface area contributed by atoms with Crippen molar-refractivity contribution in [2.24, 2.45) is 10.9 Å². The van der Waals surface area contributed by atoms with Crippen LogP contribution in [0.3, 0.4) is 0 Å². The molecule has 0 saturated heterocycles. The molecule has 1 unspecified atom stereocenters. The summed E-state index contributed by atoms with van der Waals surface area (Å²) in [5, 5.41) is 9.39. The lowest BCUT2D eigenvalue weighted by Gasteiger charge is -2.38. The molecule has 67 heavy (non-hydrogen) atoms. The minimum Gasteiger partial charge on any atom is -0.497 e. The third-order valence-corrected chi connectivity index (χ3v) is 12.8. The van der Waals surface area contributed by atoms with Gasteiger partial charge in [0.2, 0.25) is 5.88 Å². The number of aromatic nitrogens is 4. The molecule has 15 nitrogen and oxygen atoms in total. The zero-order valence-electron chi connectivity index (χ0n) is 39.6. The van der Waals surface area contributed by atoms with Crippen LogP contribution in [-0.2, 0) is 37.3 Å². The Hall–Kier alpha value is -6.27. The Morgan fingerprint density at radius 3 is 1.99 bits per heavy atom. The van der Waals surface area contributed by atoms with Crippen molar-refractivity contribution < 1.29 is 32.8 Å². The molecule has 0 N–H and O–H groups in total. The first kappa shape index (κ1) is 50.1. The fraction of sp³-hybridized carbons (Fsp3) is 0.373. The number of carbonyl (C=O) groups excluding carboxylic acids is 1. The zero-order chi connectivity index (χ0) is 47.8. The van der Waals surface area contributed by atoms with Crippen molar-refractivity contribution in [2.75, 3.05) is 48.1 Å². The molecule has 0 fully saturated rings. The molecule has 0 aliphatic carbocycles. The summed E-state index contributed by atoms with van der Waals surface area (Å²) >= 11 is 0. The SMILES string of the molecule is COc1ccc(C(OC[C@@H](COP(OCCC#N)N(C(C)C)C(C)C)CC(=O)Cn2cnc3c(OCc4ccccc4)nc(N=CN(C)C)nc32)(c2ccccc2)c2ccc(OC)cc2)cc1. The molecule has 0 saturated carbocycles. The Kier molecular flexibility index (Phi) is 18.3. The predicted octanol–water partition coefficient (Wildman–Crippen LogP) is 9.52. The van der Waals surface area contributed by atoms with Crippen LogP contribution in [0, 0.1) is 17.2 Å². The van der Waals surface area contributed by atoms with Crippen LogP contribution < -0.4 is 14.2 Å². The fourth-order valence-electron chi connectivity index (χ4n) is 7.62. The number of benzene rings is 4. The highest BCUT2D eigenvalue weighted by Crippen LogP contribution is 2.47. The number of rotatable bonds is 26. The second-order valence-corrected chi connectivity index (χ2v) is 18.1.